The van der Waals surface area contributed by atoms with Gasteiger partial charge in [0.15, 0.2) is 0 Å². The normalized spacial score (nSPS) is 21.1. The van der Waals surface area contributed by atoms with Gasteiger partial charge in [0.2, 0.25) is 5.91 Å². The van der Waals surface area contributed by atoms with E-state index in [1.54, 1.807) is 11.8 Å². The van der Waals surface area contributed by atoms with Crippen LogP contribution in [0.25, 0.3) is 0 Å². The topological polar surface area (TPSA) is 40.5 Å². The first-order chi connectivity index (χ1) is 7.79. The van der Waals surface area contributed by atoms with Gasteiger partial charge in [0.25, 0.3) is 0 Å². The van der Waals surface area contributed by atoms with Gasteiger partial charge in [0, 0.05) is 6.54 Å². The number of hydrogen-bond donors (Lipinski definition) is 1. The second-order valence-electron chi connectivity index (χ2n) is 4.33. The molecule has 1 aliphatic heterocycles. The van der Waals surface area contributed by atoms with Gasteiger partial charge in [0.1, 0.15) is 0 Å². The second-order valence-corrected chi connectivity index (χ2v) is 5.43. The lowest BCUT2D eigenvalue weighted by atomic mass is 10.0. The molecule has 1 N–H and O–H groups in total. The summed E-state index contributed by atoms with van der Waals surface area (Å²) >= 11 is 1.72. The quantitative estimate of drug-likeness (QED) is 0.727. The highest BCUT2D eigenvalue weighted by Gasteiger charge is 2.25. The molecule has 1 atom stereocenters. The highest BCUT2D eigenvalue weighted by Crippen LogP contribution is 2.18. The van der Waals surface area contributed by atoms with Crippen LogP contribution in [0.5, 0.6) is 0 Å². The third-order valence-electron chi connectivity index (χ3n) is 3.03. The van der Waals surface area contributed by atoms with Crippen LogP contribution in [0.15, 0.2) is 0 Å². The minimum atomic E-state index is 0.0769. The molecule has 3 nitrogen and oxygen atoms in total. The summed E-state index contributed by atoms with van der Waals surface area (Å²) in [5, 5.41) is 9.22. The summed E-state index contributed by atoms with van der Waals surface area (Å²) in [5.41, 5.74) is 0. The van der Waals surface area contributed by atoms with Gasteiger partial charge in [-0.1, -0.05) is 13.3 Å². The minimum absolute atomic E-state index is 0.0769. The lowest BCUT2D eigenvalue weighted by Crippen LogP contribution is -2.46. The van der Waals surface area contributed by atoms with Gasteiger partial charge in [-0.05, 0) is 31.4 Å². The van der Waals surface area contributed by atoms with Crippen molar-refractivity contribution in [2.75, 3.05) is 24.7 Å². The number of unbranched alkanes of at least 4 members (excludes halogenated alkanes) is 1. The number of amides is 1. The Bertz CT molecular complexity index is 211. The van der Waals surface area contributed by atoms with Crippen molar-refractivity contribution >= 4 is 17.7 Å². The maximum atomic E-state index is 11.9. The maximum absolute atomic E-state index is 11.9. The molecule has 0 radical (unpaired) electrons. The minimum Gasteiger partial charge on any atom is -0.394 e. The van der Waals surface area contributed by atoms with Crippen molar-refractivity contribution in [1.29, 1.82) is 0 Å². The van der Waals surface area contributed by atoms with Gasteiger partial charge >= 0.3 is 0 Å². The van der Waals surface area contributed by atoms with Gasteiger partial charge in [-0.15, -0.1) is 0 Å². The third-order valence-corrected chi connectivity index (χ3v) is 4.05. The Kier molecular flexibility index (Phi) is 6.88. The lowest BCUT2D eigenvalue weighted by molar-refractivity contribution is -0.132. The van der Waals surface area contributed by atoms with Gasteiger partial charge in [-0.25, -0.2) is 0 Å². The Balaban J connectivity index is 2.27. The van der Waals surface area contributed by atoms with Crippen LogP contribution in [0.1, 0.15) is 39.0 Å². The van der Waals surface area contributed by atoms with Crippen LogP contribution in [0.3, 0.4) is 0 Å². The zero-order valence-electron chi connectivity index (χ0n) is 10.2. The van der Waals surface area contributed by atoms with Gasteiger partial charge < -0.3 is 10.0 Å². The molecule has 94 valence electrons. The highest BCUT2D eigenvalue weighted by molar-refractivity contribution is 7.99. The number of carbonyl (C=O) groups excluding carboxylic acids is 1. The molecule has 4 heteroatoms. The number of thioether (sulfide) groups is 1. The fourth-order valence-corrected chi connectivity index (χ4v) is 2.99. The average molecular weight is 245 g/mol. The summed E-state index contributed by atoms with van der Waals surface area (Å²) in [4.78, 5) is 13.8. The molecule has 0 aromatic rings. The van der Waals surface area contributed by atoms with Crippen LogP contribution in [-0.2, 0) is 4.79 Å². The third kappa shape index (κ3) is 4.34. The number of nitrogens with zero attached hydrogens (tertiary/aromatic N) is 1. The first kappa shape index (κ1) is 13.8. The van der Waals surface area contributed by atoms with E-state index in [9.17, 15) is 9.90 Å². The lowest BCUT2D eigenvalue weighted by Gasteiger charge is -2.34. The molecule has 0 bridgehead atoms. The van der Waals surface area contributed by atoms with E-state index in [2.05, 4.69) is 6.92 Å². The monoisotopic (exact) mass is 245 g/mol. The van der Waals surface area contributed by atoms with Crippen LogP contribution in [-0.4, -0.2) is 46.6 Å². The summed E-state index contributed by atoms with van der Waals surface area (Å²) in [6.07, 6.45) is 5.55. The van der Waals surface area contributed by atoms with E-state index in [-0.39, 0.29) is 18.6 Å². The fraction of sp³-hybridized carbons (Fsp3) is 0.917. The van der Waals surface area contributed by atoms with Crippen LogP contribution in [0, 0.1) is 0 Å². The Morgan fingerprint density at radius 3 is 3.00 bits per heavy atom. The molecule has 0 aromatic carbocycles. The van der Waals surface area contributed by atoms with Crippen molar-refractivity contribution in [3.63, 3.8) is 0 Å². The van der Waals surface area contributed by atoms with E-state index in [1.165, 1.54) is 12.8 Å². The average Bonchev–Trinajstić information content (AvgIpc) is 2.34. The number of likely N-dealkylation sites (tertiary alicyclic amines) is 1. The molecule has 0 saturated carbocycles. The number of aliphatic hydroxyl groups excluding tert-OH is 1. The Hall–Kier alpha value is -0.220. The fourth-order valence-electron chi connectivity index (χ4n) is 2.01. The molecule has 1 saturated heterocycles. The molecule has 0 spiro atoms. The Morgan fingerprint density at radius 1 is 1.50 bits per heavy atom. The number of aliphatic hydroxyl groups is 1. The number of carbonyl (C=O) groups is 1. The molecule has 1 rings (SSSR count). The molecule has 0 aromatic heterocycles. The number of hydrogen-bond acceptors (Lipinski definition) is 3. The van der Waals surface area contributed by atoms with E-state index in [0.29, 0.717) is 5.75 Å². The summed E-state index contributed by atoms with van der Waals surface area (Å²) in [6, 6.07) is 0.0769. The van der Waals surface area contributed by atoms with Crippen molar-refractivity contribution in [2.45, 2.75) is 45.1 Å². The second kappa shape index (κ2) is 7.96. The first-order valence-electron chi connectivity index (χ1n) is 6.27. The maximum Gasteiger partial charge on any atom is 0.232 e. The Morgan fingerprint density at radius 2 is 2.31 bits per heavy atom. The van der Waals surface area contributed by atoms with E-state index >= 15 is 0 Å². The van der Waals surface area contributed by atoms with E-state index in [1.807, 2.05) is 4.90 Å². The number of piperidine rings is 1. The molecular formula is C12H23NO2S. The van der Waals surface area contributed by atoms with Gasteiger partial charge in [-0.2, -0.15) is 11.8 Å². The smallest absolute Gasteiger partial charge is 0.232 e. The van der Waals surface area contributed by atoms with Crippen molar-refractivity contribution in [3.8, 4) is 0 Å². The molecule has 16 heavy (non-hydrogen) atoms. The zero-order valence-corrected chi connectivity index (χ0v) is 11.0. The summed E-state index contributed by atoms with van der Waals surface area (Å²) < 4.78 is 0. The van der Waals surface area contributed by atoms with E-state index in [4.69, 9.17) is 0 Å². The molecule has 1 fully saturated rings. The largest absolute Gasteiger partial charge is 0.394 e. The van der Waals surface area contributed by atoms with Crippen molar-refractivity contribution in [1.82, 2.24) is 4.90 Å². The summed E-state index contributed by atoms with van der Waals surface area (Å²) in [7, 11) is 0. The Labute approximate surface area is 103 Å². The van der Waals surface area contributed by atoms with Crippen LogP contribution < -0.4 is 0 Å². The van der Waals surface area contributed by atoms with Crippen molar-refractivity contribution < 1.29 is 9.90 Å². The molecule has 1 unspecified atom stereocenters. The van der Waals surface area contributed by atoms with Gasteiger partial charge in [-0.3, -0.25) is 4.79 Å². The predicted octanol–water partition coefficient (Wildman–Crippen LogP) is 1.89. The SMILES string of the molecule is CCCCSCC(=O)N1CCCCC1CO. The van der Waals surface area contributed by atoms with Gasteiger partial charge in [0.05, 0.1) is 18.4 Å². The van der Waals surface area contributed by atoms with Crippen molar-refractivity contribution in [3.05, 3.63) is 0 Å². The predicted molar refractivity (Wildman–Crippen MR) is 68.7 cm³/mol. The summed E-state index contributed by atoms with van der Waals surface area (Å²) in [5.74, 6) is 1.86. The highest BCUT2D eigenvalue weighted by atomic mass is 32.2. The molecule has 1 aliphatic rings. The van der Waals surface area contributed by atoms with E-state index in [0.717, 1.165) is 31.6 Å². The first-order valence-corrected chi connectivity index (χ1v) is 7.43. The zero-order chi connectivity index (χ0) is 11.8. The standard InChI is InChI=1S/C12H23NO2S/c1-2-3-8-16-10-12(15)13-7-5-4-6-11(13)9-14/h11,14H,2-10H2,1H3. The number of rotatable bonds is 6. The van der Waals surface area contributed by atoms with E-state index < -0.39 is 0 Å². The molecular weight excluding hydrogens is 222 g/mol. The molecule has 1 amide bonds. The van der Waals surface area contributed by atoms with Crippen LogP contribution in [0.2, 0.25) is 0 Å². The molecule has 1 heterocycles. The molecule has 0 aliphatic carbocycles. The van der Waals surface area contributed by atoms with Crippen LogP contribution in [0.4, 0.5) is 0 Å². The van der Waals surface area contributed by atoms with Crippen LogP contribution >= 0.6 is 11.8 Å². The summed E-state index contributed by atoms with van der Waals surface area (Å²) in [6.45, 7) is 3.11. The van der Waals surface area contributed by atoms with Crippen molar-refractivity contribution in [2.24, 2.45) is 0 Å².